The minimum absolute atomic E-state index is 0.0547. The predicted molar refractivity (Wildman–Crippen MR) is 103 cm³/mol. The number of likely N-dealkylation sites (tertiary alicyclic amines) is 1. The van der Waals surface area contributed by atoms with Crippen molar-refractivity contribution in [1.29, 1.82) is 0 Å². The first-order valence-corrected chi connectivity index (χ1v) is 11.0. The van der Waals surface area contributed by atoms with Crippen LogP contribution in [0.5, 0.6) is 0 Å². The maximum atomic E-state index is 11.2. The maximum Gasteiger partial charge on any atom is 0.304 e. The number of carboxylic acids is 1. The van der Waals surface area contributed by atoms with Gasteiger partial charge in [0.2, 0.25) is 0 Å². The molecule has 150 valence electrons. The number of carboxylic acid groups (broad SMARTS) is 1. The zero-order valence-corrected chi connectivity index (χ0v) is 16.4. The molecule has 0 aromatic rings. The number of rotatable bonds is 3. The summed E-state index contributed by atoms with van der Waals surface area (Å²) in [5.41, 5.74) is 0.104. The molecule has 2 heterocycles. The van der Waals surface area contributed by atoms with E-state index in [0.29, 0.717) is 13.3 Å². The molecule has 1 saturated carbocycles. The summed E-state index contributed by atoms with van der Waals surface area (Å²) in [7, 11) is 0. The van der Waals surface area contributed by atoms with E-state index in [0.717, 1.165) is 25.9 Å². The molecule has 1 unspecified atom stereocenters. The Bertz CT molecular complexity index is 437. The summed E-state index contributed by atoms with van der Waals surface area (Å²) in [5.74, 6) is -0.680. The highest BCUT2D eigenvalue weighted by atomic mass is 16.5. The largest absolute Gasteiger partial charge is 0.481 e. The van der Waals surface area contributed by atoms with Crippen LogP contribution in [-0.4, -0.2) is 53.5 Å². The van der Waals surface area contributed by atoms with E-state index in [1.807, 2.05) is 0 Å². The molecular weight excluding hydrogens is 328 g/mol. The van der Waals surface area contributed by atoms with Gasteiger partial charge in [0.25, 0.3) is 0 Å². The first-order chi connectivity index (χ1) is 12.6. The molecule has 2 spiro atoms. The molecule has 1 aliphatic carbocycles. The van der Waals surface area contributed by atoms with Crippen LogP contribution in [0.25, 0.3) is 0 Å². The fraction of sp³-hybridized carbons (Fsp3) is 0.952. The van der Waals surface area contributed by atoms with Crippen LogP contribution in [0.4, 0.5) is 0 Å². The van der Waals surface area contributed by atoms with Crippen molar-refractivity contribution in [2.24, 2.45) is 0 Å². The highest BCUT2D eigenvalue weighted by Crippen LogP contribution is 2.46. The van der Waals surface area contributed by atoms with E-state index in [2.05, 4.69) is 10.2 Å². The summed E-state index contributed by atoms with van der Waals surface area (Å²) in [5, 5.41) is 12.6. The number of carbonyl (C=O) groups is 1. The van der Waals surface area contributed by atoms with E-state index < -0.39 is 5.97 Å². The van der Waals surface area contributed by atoms with Crippen molar-refractivity contribution in [3.63, 3.8) is 0 Å². The van der Waals surface area contributed by atoms with Gasteiger partial charge in [-0.2, -0.15) is 0 Å². The molecule has 3 rings (SSSR count). The number of hydrogen-bond donors (Lipinski definition) is 2. The predicted octanol–water partition coefficient (Wildman–Crippen LogP) is 3.92. The fourth-order valence-corrected chi connectivity index (χ4v) is 5.52. The van der Waals surface area contributed by atoms with Gasteiger partial charge in [0, 0.05) is 25.2 Å². The van der Waals surface area contributed by atoms with E-state index in [4.69, 9.17) is 4.74 Å². The Labute approximate surface area is 158 Å². The molecule has 26 heavy (non-hydrogen) atoms. The summed E-state index contributed by atoms with van der Waals surface area (Å²) >= 11 is 0. The fourth-order valence-electron chi connectivity index (χ4n) is 5.52. The second kappa shape index (κ2) is 9.52. The van der Waals surface area contributed by atoms with Crippen LogP contribution >= 0.6 is 0 Å². The third-order valence-corrected chi connectivity index (χ3v) is 6.92. The monoisotopic (exact) mass is 366 g/mol. The normalized spacial score (nSPS) is 31.5. The van der Waals surface area contributed by atoms with Crippen molar-refractivity contribution in [2.75, 3.05) is 26.4 Å². The second-order valence-corrected chi connectivity index (χ2v) is 8.87. The van der Waals surface area contributed by atoms with Gasteiger partial charge in [0.15, 0.2) is 0 Å². The minimum Gasteiger partial charge on any atom is -0.481 e. The highest BCUT2D eigenvalue weighted by molar-refractivity contribution is 5.66. The molecule has 2 saturated heterocycles. The SMILES string of the molecule is O=C(O)CCN1CC2(CCNCO2)CC12CCCCCCCCCCC2. The van der Waals surface area contributed by atoms with Crippen LogP contribution in [0.3, 0.4) is 0 Å². The number of nitrogens with zero attached hydrogens (tertiary/aromatic N) is 1. The molecule has 0 radical (unpaired) electrons. The van der Waals surface area contributed by atoms with Gasteiger partial charge in [0.05, 0.1) is 18.8 Å². The zero-order valence-electron chi connectivity index (χ0n) is 16.4. The molecule has 2 N–H and O–H groups in total. The van der Waals surface area contributed by atoms with Gasteiger partial charge in [-0.3, -0.25) is 15.0 Å². The van der Waals surface area contributed by atoms with Gasteiger partial charge >= 0.3 is 5.97 Å². The smallest absolute Gasteiger partial charge is 0.304 e. The lowest BCUT2D eigenvalue weighted by atomic mass is 9.79. The first-order valence-electron chi connectivity index (χ1n) is 11.0. The second-order valence-electron chi connectivity index (χ2n) is 8.87. The molecule has 3 fully saturated rings. The molecule has 1 atom stereocenters. The third-order valence-electron chi connectivity index (χ3n) is 6.92. The average molecular weight is 367 g/mol. The van der Waals surface area contributed by atoms with Crippen LogP contribution in [0.2, 0.25) is 0 Å². The van der Waals surface area contributed by atoms with Crippen LogP contribution < -0.4 is 5.32 Å². The summed E-state index contributed by atoms with van der Waals surface area (Å²) < 4.78 is 6.26. The van der Waals surface area contributed by atoms with E-state index in [1.165, 1.54) is 70.6 Å². The van der Waals surface area contributed by atoms with Crippen molar-refractivity contribution >= 4 is 5.97 Å². The van der Waals surface area contributed by atoms with Crippen LogP contribution in [0.15, 0.2) is 0 Å². The molecule has 3 aliphatic rings. The Balaban J connectivity index is 1.74. The van der Waals surface area contributed by atoms with Gasteiger partial charge in [-0.25, -0.2) is 0 Å². The van der Waals surface area contributed by atoms with Crippen molar-refractivity contribution in [1.82, 2.24) is 10.2 Å². The van der Waals surface area contributed by atoms with Crippen molar-refractivity contribution in [3.8, 4) is 0 Å². The maximum absolute atomic E-state index is 11.2. The van der Waals surface area contributed by atoms with Crippen LogP contribution in [0, 0.1) is 0 Å². The molecule has 2 aliphatic heterocycles. The number of nitrogens with one attached hydrogen (secondary N) is 1. The standard InChI is InChI=1S/C21H38N2O3/c24-19(25)10-15-23-17-21(13-14-22-18-26-21)16-20(23)11-8-6-4-2-1-3-5-7-9-12-20/h22H,1-18H2,(H,24,25). The van der Waals surface area contributed by atoms with Gasteiger partial charge in [-0.15, -0.1) is 0 Å². The molecule has 0 aromatic carbocycles. The molecular formula is C21H38N2O3. The zero-order chi connectivity index (χ0) is 18.3. The molecule has 0 amide bonds. The summed E-state index contributed by atoms with van der Waals surface area (Å²) in [4.78, 5) is 13.8. The average Bonchev–Trinajstić information content (AvgIpc) is 2.90. The quantitative estimate of drug-likeness (QED) is 0.793. The van der Waals surface area contributed by atoms with E-state index in [1.54, 1.807) is 0 Å². The van der Waals surface area contributed by atoms with Crippen molar-refractivity contribution in [2.45, 2.75) is 101 Å². The van der Waals surface area contributed by atoms with Gasteiger partial charge in [0.1, 0.15) is 0 Å². The number of aliphatic carboxylic acids is 1. The molecule has 0 aromatic heterocycles. The lowest BCUT2D eigenvalue weighted by Gasteiger charge is -2.39. The molecule has 0 bridgehead atoms. The van der Waals surface area contributed by atoms with Gasteiger partial charge < -0.3 is 9.84 Å². The van der Waals surface area contributed by atoms with Gasteiger partial charge in [-0.1, -0.05) is 57.8 Å². The Morgan fingerprint density at radius 2 is 1.58 bits per heavy atom. The lowest BCUT2D eigenvalue weighted by molar-refractivity contribution is -0.137. The van der Waals surface area contributed by atoms with E-state index in [-0.39, 0.29) is 17.6 Å². The van der Waals surface area contributed by atoms with Crippen LogP contribution in [-0.2, 0) is 9.53 Å². The van der Waals surface area contributed by atoms with E-state index >= 15 is 0 Å². The van der Waals surface area contributed by atoms with Crippen LogP contribution in [0.1, 0.15) is 89.9 Å². The Morgan fingerprint density at radius 1 is 0.962 bits per heavy atom. The summed E-state index contributed by atoms with van der Waals surface area (Å²) in [6.07, 6.45) is 16.9. The van der Waals surface area contributed by atoms with Crippen molar-refractivity contribution < 1.29 is 14.6 Å². The Hall–Kier alpha value is -0.650. The minimum atomic E-state index is -0.680. The summed E-state index contributed by atoms with van der Waals surface area (Å²) in [6, 6.07) is 0. The summed E-state index contributed by atoms with van der Waals surface area (Å²) in [6.45, 7) is 3.25. The Morgan fingerprint density at radius 3 is 2.12 bits per heavy atom. The first kappa shape index (κ1) is 20.1. The van der Waals surface area contributed by atoms with E-state index in [9.17, 15) is 9.90 Å². The topological polar surface area (TPSA) is 61.8 Å². The highest BCUT2D eigenvalue weighted by Gasteiger charge is 2.53. The number of hydrogen-bond acceptors (Lipinski definition) is 4. The Kier molecular flexibility index (Phi) is 7.35. The molecule has 5 heteroatoms. The number of ether oxygens (including phenoxy) is 1. The van der Waals surface area contributed by atoms with Gasteiger partial charge in [-0.05, 0) is 25.7 Å². The molecule has 5 nitrogen and oxygen atoms in total. The lowest BCUT2D eigenvalue weighted by Crippen LogP contribution is -2.46. The van der Waals surface area contributed by atoms with Crippen molar-refractivity contribution in [3.05, 3.63) is 0 Å². The third kappa shape index (κ3) is 5.20.